The maximum absolute atomic E-state index is 4.22. The first-order valence-corrected chi connectivity index (χ1v) is 7.19. The first-order chi connectivity index (χ1) is 7.72. The third kappa shape index (κ3) is 5.92. The van der Waals surface area contributed by atoms with Gasteiger partial charge >= 0.3 is 0 Å². The summed E-state index contributed by atoms with van der Waals surface area (Å²) in [6.45, 7) is 2.21. The zero-order valence-corrected chi connectivity index (χ0v) is 12.3. The second kappa shape index (κ2) is 8.15. The van der Waals surface area contributed by atoms with E-state index in [1.54, 1.807) is 0 Å². The highest BCUT2D eigenvalue weighted by molar-refractivity contribution is 9.10. The average Bonchev–Trinajstić information content (AvgIpc) is 2.28. The van der Waals surface area contributed by atoms with Crippen LogP contribution in [0.15, 0.2) is 28.7 Å². The summed E-state index contributed by atoms with van der Waals surface area (Å²) in [5, 5.41) is 0. The predicted octanol–water partition coefficient (Wildman–Crippen LogP) is 3.98. The molecule has 16 heavy (non-hydrogen) atoms. The lowest BCUT2D eigenvalue weighted by Crippen LogP contribution is -2.19. The van der Waals surface area contributed by atoms with Crippen molar-refractivity contribution in [2.75, 3.05) is 19.3 Å². The highest BCUT2D eigenvalue weighted by atomic mass is 79.9. The molecule has 0 heterocycles. The molecule has 0 unspecified atom stereocenters. The molecule has 3 heteroatoms. The summed E-state index contributed by atoms with van der Waals surface area (Å²) in [6.07, 6.45) is 3.79. The van der Waals surface area contributed by atoms with E-state index in [-0.39, 0.29) is 0 Å². The van der Waals surface area contributed by atoms with Crippen molar-refractivity contribution < 1.29 is 0 Å². The zero-order valence-electron chi connectivity index (χ0n) is 9.82. The lowest BCUT2D eigenvalue weighted by atomic mass is 10.2. The number of rotatable bonds is 7. The van der Waals surface area contributed by atoms with Gasteiger partial charge in [-0.2, -0.15) is 12.6 Å². The van der Waals surface area contributed by atoms with Gasteiger partial charge in [-0.25, -0.2) is 0 Å². The van der Waals surface area contributed by atoms with Crippen LogP contribution in [0.2, 0.25) is 0 Å². The van der Waals surface area contributed by atoms with Gasteiger partial charge < -0.3 is 4.90 Å². The van der Waals surface area contributed by atoms with Crippen LogP contribution in [0.25, 0.3) is 0 Å². The summed E-state index contributed by atoms with van der Waals surface area (Å²) >= 11 is 7.67. The van der Waals surface area contributed by atoms with Crippen LogP contribution >= 0.6 is 28.6 Å². The van der Waals surface area contributed by atoms with Gasteiger partial charge in [0, 0.05) is 11.0 Å². The van der Waals surface area contributed by atoms with Gasteiger partial charge in [-0.3, -0.25) is 0 Å². The summed E-state index contributed by atoms with van der Waals surface area (Å²) < 4.78 is 1.15. The van der Waals surface area contributed by atoms with E-state index < -0.39 is 0 Å². The van der Waals surface area contributed by atoms with E-state index >= 15 is 0 Å². The van der Waals surface area contributed by atoms with Crippen molar-refractivity contribution in [1.29, 1.82) is 0 Å². The fourth-order valence-corrected chi connectivity index (χ4v) is 2.14. The Balaban J connectivity index is 2.23. The molecule has 0 bridgehead atoms. The summed E-state index contributed by atoms with van der Waals surface area (Å²) in [7, 11) is 2.18. The minimum absolute atomic E-state index is 1.01. The van der Waals surface area contributed by atoms with E-state index in [4.69, 9.17) is 0 Å². The van der Waals surface area contributed by atoms with Crippen LogP contribution in [-0.4, -0.2) is 24.2 Å². The maximum Gasteiger partial charge on any atom is 0.0230 e. The van der Waals surface area contributed by atoms with Gasteiger partial charge in [-0.1, -0.05) is 34.5 Å². The van der Waals surface area contributed by atoms with Crippen molar-refractivity contribution in [3.63, 3.8) is 0 Å². The van der Waals surface area contributed by atoms with Crippen LogP contribution in [0.5, 0.6) is 0 Å². The van der Waals surface area contributed by atoms with Crippen molar-refractivity contribution in [2.45, 2.75) is 25.8 Å². The van der Waals surface area contributed by atoms with Crippen molar-refractivity contribution in [1.82, 2.24) is 4.90 Å². The maximum atomic E-state index is 4.22. The monoisotopic (exact) mass is 301 g/mol. The molecule has 1 nitrogen and oxygen atoms in total. The van der Waals surface area contributed by atoms with Crippen molar-refractivity contribution in [2.24, 2.45) is 0 Å². The summed E-state index contributed by atoms with van der Waals surface area (Å²) in [5.41, 5.74) is 1.37. The van der Waals surface area contributed by atoms with E-state index in [0.717, 1.165) is 16.8 Å². The largest absolute Gasteiger partial charge is 0.302 e. The van der Waals surface area contributed by atoms with Crippen LogP contribution < -0.4 is 0 Å². The van der Waals surface area contributed by atoms with E-state index in [2.05, 4.69) is 64.8 Å². The summed E-state index contributed by atoms with van der Waals surface area (Å²) in [5.74, 6) is 1.01. The highest BCUT2D eigenvalue weighted by Crippen LogP contribution is 2.12. The van der Waals surface area contributed by atoms with Crippen LogP contribution in [-0.2, 0) is 6.54 Å². The Bertz CT molecular complexity index is 286. The second-order valence-corrected chi connectivity index (χ2v) is 5.51. The van der Waals surface area contributed by atoms with Crippen molar-refractivity contribution >= 4 is 28.6 Å². The molecule has 0 saturated heterocycles. The molecule has 0 aliphatic carbocycles. The third-order valence-electron chi connectivity index (χ3n) is 2.56. The molecule has 0 spiro atoms. The molecule has 0 aliphatic heterocycles. The molecule has 90 valence electrons. The van der Waals surface area contributed by atoms with Crippen molar-refractivity contribution in [3.05, 3.63) is 34.3 Å². The number of unbranched alkanes of at least 4 members (excludes halogenated alkanes) is 2. The number of thiol groups is 1. The number of hydrogen-bond acceptors (Lipinski definition) is 2. The Morgan fingerprint density at radius 3 is 2.44 bits per heavy atom. The summed E-state index contributed by atoms with van der Waals surface area (Å²) in [4.78, 5) is 2.38. The Labute approximate surface area is 113 Å². The molecule has 0 amide bonds. The topological polar surface area (TPSA) is 3.24 Å². The lowest BCUT2D eigenvalue weighted by Gasteiger charge is -2.16. The predicted molar refractivity (Wildman–Crippen MR) is 78.2 cm³/mol. The van der Waals surface area contributed by atoms with Gasteiger partial charge in [0.1, 0.15) is 0 Å². The molecule has 0 saturated carbocycles. The molecule has 0 atom stereocenters. The van der Waals surface area contributed by atoms with Crippen LogP contribution in [0.3, 0.4) is 0 Å². The Kier molecular flexibility index (Phi) is 7.17. The average molecular weight is 302 g/mol. The Morgan fingerprint density at radius 1 is 1.12 bits per heavy atom. The second-order valence-electron chi connectivity index (χ2n) is 4.15. The molecule has 1 rings (SSSR count). The van der Waals surface area contributed by atoms with Gasteiger partial charge in [0.2, 0.25) is 0 Å². The first kappa shape index (κ1) is 14.1. The number of halogens is 1. The molecule has 1 aromatic rings. The van der Waals surface area contributed by atoms with Gasteiger partial charge in [-0.05, 0) is 49.9 Å². The first-order valence-electron chi connectivity index (χ1n) is 5.76. The zero-order chi connectivity index (χ0) is 11.8. The van der Waals surface area contributed by atoms with Gasteiger partial charge in [0.15, 0.2) is 0 Å². The molecular weight excluding hydrogens is 282 g/mol. The molecular formula is C13H20BrNS. The molecule has 0 radical (unpaired) electrons. The Morgan fingerprint density at radius 2 is 1.81 bits per heavy atom. The smallest absolute Gasteiger partial charge is 0.0230 e. The van der Waals surface area contributed by atoms with Crippen molar-refractivity contribution in [3.8, 4) is 0 Å². The Hall–Kier alpha value is 0.01000. The molecule has 1 aromatic carbocycles. The molecule has 0 aliphatic rings. The number of hydrogen-bond donors (Lipinski definition) is 1. The van der Waals surface area contributed by atoms with Crippen LogP contribution in [0.1, 0.15) is 24.8 Å². The van der Waals surface area contributed by atoms with E-state index in [1.165, 1.54) is 31.4 Å². The minimum Gasteiger partial charge on any atom is -0.302 e. The molecule has 0 N–H and O–H groups in total. The fourth-order valence-electron chi connectivity index (χ4n) is 1.65. The standard InChI is InChI=1S/C13H20BrNS/c1-15(9-3-2-4-10-16)11-12-5-7-13(14)8-6-12/h5-8,16H,2-4,9-11H2,1H3. The van der Waals surface area contributed by atoms with Crippen LogP contribution in [0, 0.1) is 0 Å². The quantitative estimate of drug-likeness (QED) is 0.589. The minimum atomic E-state index is 1.01. The highest BCUT2D eigenvalue weighted by Gasteiger charge is 1.99. The normalized spacial score (nSPS) is 11.0. The summed E-state index contributed by atoms with van der Waals surface area (Å²) in [6, 6.07) is 8.55. The van der Waals surface area contributed by atoms with E-state index in [0.29, 0.717) is 0 Å². The third-order valence-corrected chi connectivity index (χ3v) is 3.41. The van der Waals surface area contributed by atoms with Gasteiger partial charge in [0.05, 0.1) is 0 Å². The SMILES string of the molecule is CN(CCCCCS)Cc1ccc(Br)cc1. The molecule has 0 fully saturated rings. The van der Waals surface area contributed by atoms with Crippen LogP contribution in [0.4, 0.5) is 0 Å². The lowest BCUT2D eigenvalue weighted by molar-refractivity contribution is 0.318. The van der Waals surface area contributed by atoms with E-state index in [1.807, 2.05) is 0 Å². The number of nitrogens with zero attached hydrogens (tertiary/aromatic N) is 1. The van der Waals surface area contributed by atoms with E-state index in [9.17, 15) is 0 Å². The number of benzene rings is 1. The van der Waals surface area contributed by atoms with Gasteiger partial charge in [0.25, 0.3) is 0 Å². The van der Waals surface area contributed by atoms with Gasteiger partial charge in [-0.15, -0.1) is 0 Å². The molecule has 0 aromatic heterocycles. The fraction of sp³-hybridized carbons (Fsp3) is 0.538.